The molecule has 1 atom stereocenters. The molecule has 0 aliphatic rings. The minimum Gasteiger partial charge on any atom is -0.192 e. The third kappa shape index (κ3) is 3.25. The van der Waals surface area contributed by atoms with E-state index in [1.54, 1.807) is 11.8 Å². The van der Waals surface area contributed by atoms with Gasteiger partial charge in [0.25, 0.3) is 0 Å². The van der Waals surface area contributed by atoms with E-state index >= 15 is 0 Å². The van der Waals surface area contributed by atoms with Gasteiger partial charge in [0.1, 0.15) is 6.07 Å². The quantitative estimate of drug-likeness (QED) is 0.765. The zero-order valence-electron chi connectivity index (χ0n) is 9.12. The summed E-state index contributed by atoms with van der Waals surface area (Å²) < 4.78 is 0.881. The Morgan fingerprint density at radius 2 is 2.00 bits per heavy atom. The Kier molecular flexibility index (Phi) is 4.69. The lowest BCUT2D eigenvalue weighted by atomic mass is 10.2. The van der Waals surface area contributed by atoms with Crippen LogP contribution in [0, 0.1) is 17.2 Å². The lowest BCUT2D eigenvalue weighted by molar-refractivity contribution is 0.642. The molecule has 15 heavy (non-hydrogen) atoms. The Morgan fingerprint density at radius 1 is 1.33 bits per heavy atom. The minimum atomic E-state index is 0.520. The standard InChI is InChI=1S/C12H14BrNS/c1-8(2)9(3)15-12-6-4-5-11(13)10(12)7-14/h4-6,8-9H,1-3H3. The van der Waals surface area contributed by atoms with E-state index in [2.05, 4.69) is 42.8 Å². The van der Waals surface area contributed by atoms with Crippen LogP contribution in [-0.4, -0.2) is 5.25 Å². The predicted octanol–water partition coefficient (Wildman–Crippen LogP) is 4.46. The molecule has 0 aliphatic carbocycles. The molecule has 80 valence electrons. The predicted molar refractivity (Wildman–Crippen MR) is 69.0 cm³/mol. The summed E-state index contributed by atoms with van der Waals surface area (Å²) in [5.74, 6) is 0.612. The van der Waals surface area contributed by atoms with Gasteiger partial charge in [0.05, 0.1) is 5.56 Å². The van der Waals surface area contributed by atoms with Crippen molar-refractivity contribution in [1.82, 2.24) is 0 Å². The van der Waals surface area contributed by atoms with Crippen molar-refractivity contribution in [1.29, 1.82) is 5.26 Å². The maximum absolute atomic E-state index is 9.06. The second-order valence-electron chi connectivity index (χ2n) is 3.79. The molecule has 0 fully saturated rings. The summed E-state index contributed by atoms with van der Waals surface area (Å²) in [7, 11) is 0. The first-order valence-electron chi connectivity index (χ1n) is 4.91. The van der Waals surface area contributed by atoms with Crippen molar-refractivity contribution in [2.45, 2.75) is 30.9 Å². The van der Waals surface area contributed by atoms with Gasteiger partial charge in [-0.1, -0.05) is 26.8 Å². The molecular formula is C12H14BrNS. The summed E-state index contributed by atoms with van der Waals surface area (Å²) in [6.45, 7) is 6.58. The normalized spacial score (nSPS) is 12.5. The summed E-state index contributed by atoms with van der Waals surface area (Å²) in [6.07, 6.45) is 0. The van der Waals surface area contributed by atoms with E-state index in [-0.39, 0.29) is 0 Å². The second-order valence-corrected chi connectivity index (χ2v) is 6.07. The van der Waals surface area contributed by atoms with Gasteiger partial charge in [-0.2, -0.15) is 5.26 Å². The molecule has 1 rings (SSSR count). The van der Waals surface area contributed by atoms with Crippen LogP contribution >= 0.6 is 27.7 Å². The van der Waals surface area contributed by atoms with Crippen LogP contribution in [0.1, 0.15) is 26.3 Å². The van der Waals surface area contributed by atoms with Crippen LogP contribution in [0.3, 0.4) is 0 Å². The summed E-state index contributed by atoms with van der Waals surface area (Å²) in [4.78, 5) is 1.06. The SMILES string of the molecule is CC(C)C(C)Sc1cccc(Br)c1C#N. The van der Waals surface area contributed by atoms with Gasteiger partial charge in [0.15, 0.2) is 0 Å². The lowest BCUT2D eigenvalue weighted by Crippen LogP contribution is -2.05. The van der Waals surface area contributed by atoms with Crippen LogP contribution in [0.2, 0.25) is 0 Å². The molecule has 0 spiro atoms. The van der Waals surface area contributed by atoms with Gasteiger partial charge in [-0.05, 0) is 34.0 Å². The van der Waals surface area contributed by atoms with E-state index in [1.807, 2.05) is 18.2 Å². The molecule has 0 aromatic heterocycles. The Morgan fingerprint density at radius 3 is 2.53 bits per heavy atom. The maximum atomic E-state index is 9.06. The fraction of sp³-hybridized carbons (Fsp3) is 0.417. The zero-order valence-corrected chi connectivity index (χ0v) is 11.5. The van der Waals surface area contributed by atoms with Gasteiger partial charge in [-0.3, -0.25) is 0 Å². The van der Waals surface area contributed by atoms with Crippen molar-refractivity contribution < 1.29 is 0 Å². The molecule has 0 bridgehead atoms. The number of hydrogen-bond acceptors (Lipinski definition) is 2. The molecule has 0 radical (unpaired) electrons. The van der Waals surface area contributed by atoms with Gasteiger partial charge in [0.2, 0.25) is 0 Å². The van der Waals surface area contributed by atoms with Crippen molar-refractivity contribution in [3.63, 3.8) is 0 Å². The summed E-state index contributed by atoms with van der Waals surface area (Å²) in [5, 5.41) is 9.58. The summed E-state index contributed by atoms with van der Waals surface area (Å²) in [5.41, 5.74) is 0.745. The smallest absolute Gasteiger partial charge is 0.101 e. The van der Waals surface area contributed by atoms with E-state index < -0.39 is 0 Å². The van der Waals surface area contributed by atoms with Crippen molar-refractivity contribution in [3.05, 3.63) is 28.2 Å². The molecule has 1 unspecified atom stereocenters. The third-order valence-corrected chi connectivity index (χ3v) is 4.51. The van der Waals surface area contributed by atoms with Crippen LogP contribution in [0.4, 0.5) is 0 Å². The molecule has 0 heterocycles. The number of hydrogen-bond donors (Lipinski definition) is 0. The summed E-state index contributed by atoms with van der Waals surface area (Å²) >= 11 is 5.16. The fourth-order valence-electron chi connectivity index (χ4n) is 1.05. The highest BCUT2D eigenvalue weighted by molar-refractivity contribution is 9.10. The first-order valence-corrected chi connectivity index (χ1v) is 6.58. The van der Waals surface area contributed by atoms with Gasteiger partial charge in [-0.15, -0.1) is 11.8 Å². The van der Waals surface area contributed by atoms with E-state index in [1.165, 1.54) is 0 Å². The molecule has 3 heteroatoms. The lowest BCUT2D eigenvalue weighted by Gasteiger charge is -2.15. The molecule has 0 saturated carbocycles. The average Bonchev–Trinajstić information content (AvgIpc) is 2.18. The molecular weight excluding hydrogens is 270 g/mol. The molecule has 1 aromatic rings. The first kappa shape index (κ1) is 12.6. The van der Waals surface area contributed by atoms with Crippen molar-refractivity contribution >= 4 is 27.7 Å². The summed E-state index contributed by atoms with van der Waals surface area (Å²) in [6, 6.07) is 8.13. The monoisotopic (exact) mass is 283 g/mol. The van der Waals surface area contributed by atoms with E-state index in [0.717, 1.165) is 14.9 Å². The Hall–Kier alpha value is -0.460. The Balaban J connectivity index is 2.96. The van der Waals surface area contributed by atoms with Crippen LogP contribution in [0.5, 0.6) is 0 Å². The van der Waals surface area contributed by atoms with Crippen LogP contribution < -0.4 is 0 Å². The van der Waals surface area contributed by atoms with E-state index in [9.17, 15) is 0 Å². The van der Waals surface area contributed by atoms with E-state index in [4.69, 9.17) is 5.26 Å². The fourth-order valence-corrected chi connectivity index (χ4v) is 2.74. The third-order valence-electron chi connectivity index (χ3n) is 2.34. The highest BCUT2D eigenvalue weighted by Gasteiger charge is 2.13. The number of halogens is 1. The van der Waals surface area contributed by atoms with Crippen molar-refractivity contribution in [2.24, 2.45) is 5.92 Å². The number of thioether (sulfide) groups is 1. The van der Waals surface area contributed by atoms with Crippen LogP contribution in [0.25, 0.3) is 0 Å². The van der Waals surface area contributed by atoms with Gasteiger partial charge in [0, 0.05) is 14.6 Å². The average molecular weight is 284 g/mol. The van der Waals surface area contributed by atoms with Gasteiger partial charge >= 0.3 is 0 Å². The maximum Gasteiger partial charge on any atom is 0.101 e. The van der Waals surface area contributed by atoms with Gasteiger partial charge in [-0.25, -0.2) is 0 Å². The molecule has 0 amide bonds. The molecule has 1 aromatic carbocycles. The molecule has 1 nitrogen and oxygen atoms in total. The number of nitrogens with zero attached hydrogens (tertiary/aromatic N) is 1. The van der Waals surface area contributed by atoms with Crippen LogP contribution in [-0.2, 0) is 0 Å². The highest BCUT2D eigenvalue weighted by Crippen LogP contribution is 2.33. The highest BCUT2D eigenvalue weighted by atomic mass is 79.9. The van der Waals surface area contributed by atoms with Crippen molar-refractivity contribution in [3.8, 4) is 6.07 Å². The Bertz CT molecular complexity index is 382. The van der Waals surface area contributed by atoms with Crippen LogP contribution in [0.15, 0.2) is 27.6 Å². The molecule has 0 aliphatic heterocycles. The zero-order chi connectivity index (χ0) is 11.4. The first-order chi connectivity index (χ1) is 7.06. The Labute approximate surface area is 104 Å². The minimum absolute atomic E-state index is 0.520. The van der Waals surface area contributed by atoms with Crippen molar-refractivity contribution in [2.75, 3.05) is 0 Å². The molecule has 0 saturated heterocycles. The largest absolute Gasteiger partial charge is 0.192 e. The number of benzene rings is 1. The van der Waals surface area contributed by atoms with Gasteiger partial charge < -0.3 is 0 Å². The molecule has 0 N–H and O–H groups in total. The second kappa shape index (κ2) is 5.58. The number of nitriles is 1. The topological polar surface area (TPSA) is 23.8 Å². The number of rotatable bonds is 3. The van der Waals surface area contributed by atoms with E-state index in [0.29, 0.717) is 11.2 Å².